The normalized spacial score (nSPS) is 16.2. The molecule has 1 amide bonds. The largest absolute Gasteiger partial charge is 0.352 e. The van der Waals surface area contributed by atoms with Crippen molar-refractivity contribution in [1.29, 1.82) is 0 Å². The Balaban J connectivity index is 1.51. The SMILES string of the molecule is Cc1noc(-c2ccc(C(=O)NC[C@@H](C)CN3CCCC3)cc2)n1. The maximum Gasteiger partial charge on any atom is 0.257 e. The van der Waals surface area contributed by atoms with E-state index in [1.807, 2.05) is 12.1 Å². The molecule has 0 unspecified atom stereocenters. The number of likely N-dealkylation sites (tertiary alicyclic amines) is 1. The Hall–Kier alpha value is -2.21. The first kappa shape index (κ1) is 16.6. The quantitative estimate of drug-likeness (QED) is 0.882. The van der Waals surface area contributed by atoms with Crippen LogP contribution in [0.25, 0.3) is 11.5 Å². The molecule has 1 saturated heterocycles. The number of rotatable bonds is 6. The first-order chi connectivity index (χ1) is 11.6. The van der Waals surface area contributed by atoms with Crippen molar-refractivity contribution in [3.05, 3.63) is 35.7 Å². The van der Waals surface area contributed by atoms with Gasteiger partial charge in [-0.05, 0) is 63.0 Å². The molecule has 1 fully saturated rings. The number of nitrogens with one attached hydrogen (secondary N) is 1. The van der Waals surface area contributed by atoms with Crippen LogP contribution in [0.15, 0.2) is 28.8 Å². The number of amides is 1. The smallest absolute Gasteiger partial charge is 0.257 e. The Kier molecular flexibility index (Phi) is 5.25. The molecule has 6 heteroatoms. The van der Waals surface area contributed by atoms with Crippen LogP contribution in [0.4, 0.5) is 0 Å². The van der Waals surface area contributed by atoms with E-state index in [1.54, 1.807) is 19.1 Å². The zero-order chi connectivity index (χ0) is 16.9. The Morgan fingerprint density at radius 2 is 2.00 bits per heavy atom. The first-order valence-corrected chi connectivity index (χ1v) is 8.53. The maximum atomic E-state index is 12.3. The molecule has 1 aliphatic rings. The van der Waals surface area contributed by atoms with Crippen LogP contribution in [0, 0.1) is 12.8 Å². The second-order valence-electron chi connectivity index (χ2n) is 6.55. The van der Waals surface area contributed by atoms with Crippen molar-refractivity contribution in [2.45, 2.75) is 26.7 Å². The molecule has 2 aromatic rings. The Morgan fingerprint density at radius 1 is 1.29 bits per heavy atom. The molecule has 6 nitrogen and oxygen atoms in total. The number of hydrogen-bond donors (Lipinski definition) is 1. The van der Waals surface area contributed by atoms with Gasteiger partial charge in [0.15, 0.2) is 5.82 Å². The van der Waals surface area contributed by atoms with Gasteiger partial charge in [-0.15, -0.1) is 0 Å². The van der Waals surface area contributed by atoms with Crippen LogP contribution in [0.2, 0.25) is 0 Å². The lowest BCUT2D eigenvalue weighted by atomic mass is 10.1. The predicted octanol–water partition coefficient (Wildman–Crippen LogP) is 2.51. The number of carbonyl (C=O) groups is 1. The molecule has 0 saturated carbocycles. The Morgan fingerprint density at radius 3 is 2.62 bits per heavy atom. The molecule has 128 valence electrons. The molecular formula is C18H24N4O2. The highest BCUT2D eigenvalue weighted by Crippen LogP contribution is 2.17. The Labute approximate surface area is 142 Å². The molecule has 1 atom stereocenters. The molecule has 24 heavy (non-hydrogen) atoms. The summed E-state index contributed by atoms with van der Waals surface area (Å²) in [6.45, 7) is 8.08. The van der Waals surface area contributed by atoms with Gasteiger partial charge in [-0.25, -0.2) is 0 Å². The fourth-order valence-electron chi connectivity index (χ4n) is 3.02. The minimum Gasteiger partial charge on any atom is -0.352 e. The fourth-order valence-corrected chi connectivity index (χ4v) is 3.02. The third-order valence-corrected chi connectivity index (χ3v) is 4.30. The molecule has 0 spiro atoms. The van der Waals surface area contributed by atoms with Crippen molar-refractivity contribution in [2.75, 3.05) is 26.2 Å². The highest BCUT2D eigenvalue weighted by atomic mass is 16.5. The van der Waals surface area contributed by atoms with E-state index < -0.39 is 0 Å². The van der Waals surface area contributed by atoms with E-state index in [9.17, 15) is 4.79 Å². The van der Waals surface area contributed by atoms with E-state index in [4.69, 9.17) is 4.52 Å². The lowest BCUT2D eigenvalue weighted by molar-refractivity contribution is 0.0945. The maximum absolute atomic E-state index is 12.3. The van der Waals surface area contributed by atoms with Crippen molar-refractivity contribution in [2.24, 2.45) is 5.92 Å². The molecule has 0 bridgehead atoms. The summed E-state index contributed by atoms with van der Waals surface area (Å²) in [4.78, 5) is 18.9. The summed E-state index contributed by atoms with van der Waals surface area (Å²) >= 11 is 0. The average Bonchev–Trinajstić information content (AvgIpc) is 3.24. The van der Waals surface area contributed by atoms with Crippen molar-refractivity contribution in [3.63, 3.8) is 0 Å². The minimum absolute atomic E-state index is 0.0449. The van der Waals surface area contributed by atoms with E-state index in [2.05, 4.69) is 27.3 Å². The van der Waals surface area contributed by atoms with E-state index in [-0.39, 0.29) is 5.91 Å². The van der Waals surface area contributed by atoms with Gasteiger partial charge in [-0.2, -0.15) is 4.98 Å². The number of hydrogen-bond acceptors (Lipinski definition) is 5. The fraction of sp³-hybridized carbons (Fsp3) is 0.500. The minimum atomic E-state index is -0.0449. The van der Waals surface area contributed by atoms with Crippen LogP contribution in [-0.2, 0) is 0 Å². The van der Waals surface area contributed by atoms with Crippen LogP contribution in [-0.4, -0.2) is 47.1 Å². The Bertz CT molecular complexity index is 675. The molecule has 0 aliphatic carbocycles. The lowest BCUT2D eigenvalue weighted by Crippen LogP contribution is -2.34. The molecular weight excluding hydrogens is 304 g/mol. The number of aryl methyl sites for hydroxylation is 1. The first-order valence-electron chi connectivity index (χ1n) is 8.53. The monoisotopic (exact) mass is 328 g/mol. The zero-order valence-electron chi connectivity index (χ0n) is 14.3. The van der Waals surface area contributed by atoms with Gasteiger partial charge in [0, 0.05) is 24.2 Å². The van der Waals surface area contributed by atoms with Gasteiger partial charge in [-0.3, -0.25) is 4.79 Å². The number of nitrogens with zero attached hydrogens (tertiary/aromatic N) is 3. The van der Waals surface area contributed by atoms with E-state index in [0.29, 0.717) is 29.7 Å². The van der Waals surface area contributed by atoms with Gasteiger partial charge in [0.25, 0.3) is 11.8 Å². The van der Waals surface area contributed by atoms with Gasteiger partial charge in [-0.1, -0.05) is 12.1 Å². The van der Waals surface area contributed by atoms with Crippen molar-refractivity contribution >= 4 is 5.91 Å². The van der Waals surface area contributed by atoms with Gasteiger partial charge < -0.3 is 14.7 Å². The highest BCUT2D eigenvalue weighted by Gasteiger charge is 2.15. The van der Waals surface area contributed by atoms with Crippen molar-refractivity contribution in [1.82, 2.24) is 20.4 Å². The lowest BCUT2D eigenvalue weighted by Gasteiger charge is -2.20. The number of aromatic nitrogens is 2. The summed E-state index contributed by atoms with van der Waals surface area (Å²) in [6.07, 6.45) is 2.59. The summed E-state index contributed by atoms with van der Waals surface area (Å²) in [5, 5.41) is 6.79. The molecule has 0 radical (unpaired) electrons. The number of carbonyl (C=O) groups excluding carboxylic acids is 1. The molecule has 2 heterocycles. The summed E-state index contributed by atoms with van der Waals surface area (Å²) in [5.74, 6) is 1.47. The van der Waals surface area contributed by atoms with Gasteiger partial charge >= 0.3 is 0 Å². The summed E-state index contributed by atoms with van der Waals surface area (Å²) < 4.78 is 5.13. The summed E-state index contributed by atoms with van der Waals surface area (Å²) in [5.41, 5.74) is 1.46. The van der Waals surface area contributed by atoms with Crippen LogP contribution in [0.1, 0.15) is 35.9 Å². The van der Waals surface area contributed by atoms with Crippen LogP contribution >= 0.6 is 0 Å². The van der Waals surface area contributed by atoms with Gasteiger partial charge in [0.1, 0.15) is 0 Å². The predicted molar refractivity (Wildman–Crippen MR) is 91.6 cm³/mol. The van der Waals surface area contributed by atoms with Crippen LogP contribution < -0.4 is 5.32 Å². The van der Waals surface area contributed by atoms with Gasteiger partial charge in [0.05, 0.1) is 0 Å². The van der Waals surface area contributed by atoms with Gasteiger partial charge in [0.2, 0.25) is 0 Å². The van der Waals surface area contributed by atoms with Crippen LogP contribution in [0.5, 0.6) is 0 Å². The highest BCUT2D eigenvalue weighted by molar-refractivity contribution is 5.94. The molecule has 3 rings (SSSR count). The van der Waals surface area contributed by atoms with Crippen molar-refractivity contribution < 1.29 is 9.32 Å². The molecule has 1 aliphatic heterocycles. The zero-order valence-corrected chi connectivity index (χ0v) is 14.3. The second-order valence-corrected chi connectivity index (χ2v) is 6.55. The summed E-state index contributed by atoms with van der Waals surface area (Å²) in [7, 11) is 0. The average molecular weight is 328 g/mol. The third kappa shape index (κ3) is 4.20. The molecule has 1 N–H and O–H groups in total. The second kappa shape index (κ2) is 7.57. The molecule has 1 aromatic heterocycles. The third-order valence-electron chi connectivity index (χ3n) is 4.30. The topological polar surface area (TPSA) is 71.3 Å². The standard InChI is InChI=1S/C18H24N4O2/c1-13(12-22-9-3-4-10-22)11-19-17(23)15-5-7-16(8-6-15)18-20-14(2)21-24-18/h5-8,13H,3-4,9-12H2,1-2H3,(H,19,23)/t13-/m1/s1. The van der Waals surface area contributed by atoms with Crippen molar-refractivity contribution in [3.8, 4) is 11.5 Å². The van der Waals surface area contributed by atoms with Crippen LogP contribution in [0.3, 0.4) is 0 Å². The molecule has 1 aromatic carbocycles. The van der Waals surface area contributed by atoms with E-state index in [0.717, 1.165) is 12.1 Å². The summed E-state index contributed by atoms with van der Waals surface area (Å²) in [6, 6.07) is 7.23. The van der Waals surface area contributed by atoms with E-state index in [1.165, 1.54) is 25.9 Å². The number of benzene rings is 1. The van der Waals surface area contributed by atoms with E-state index >= 15 is 0 Å².